The van der Waals surface area contributed by atoms with Crippen molar-refractivity contribution in [2.24, 2.45) is 0 Å². The van der Waals surface area contributed by atoms with E-state index in [-0.39, 0.29) is 11.3 Å². The van der Waals surface area contributed by atoms with E-state index in [0.29, 0.717) is 51.6 Å². The van der Waals surface area contributed by atoms with Gasteiger partial charge in [-0.05, 0) is 49.1 Å². The van der Waals surface area contributed by atoms with Gasteiger partial charge in [0.1, 0.15) is 5.75 Å². The Morgan fingerprint density at radius 3 is 2.61 bits per heavy atom. The average Bonchev–Trinajstić information content (AvgIpc) is 3.34. The summed E-state index contributed by atoms with van der Waals surface area (Å²) >= 11 is 0. The summed E-state index contributed by atoms with van der Waals surface area (Å²) in [6.07, 6.45) is 2.83. The summed E-state index contributed by atoms with van der Waals surface area (Å²) in [5.74, 6) is 1.50. The fourth-order valence-corrected chi connectivity index (χ4v) is 4.18. The Bertz CT molecular complexity index is 1010. The number of hydrogen-bond acceptors (Lipinski definition) is 6. The van der Waals surface area contributed by atoms with Crippen LogP contribution in [0.1, 0.15) is 38.2 Å². The van der Waals surface area contributed by atoms with Crippen LogP contribution < -0.4 is 10.1 Å². The number of ether oxygens (including phenoxy) is 2. The van der Waals surface area contributed by atoms with Gasteiger partial charge in [0.15, 0.2) is 0 Å². The normalized spacial score (nSPS) is 15.2. The van der Waals surface area contributed by atoms with Gasteiger partial charge in [-0.15, -0.1) is 10.2 Å². The number of nitrogens with zero attached hydrogens (tertiary/aromatic N) is 4. The van der Waals surface area contributed by atoms with E-state index in [1.165, 1.54) is 5.56 Å². The molecule has 0 atom stereocenters. The minimum atomic E-state index is -0.114. The first-order chi connectivity index (χ1) is 16.2. The Labute approximate surface area is 194 Å². The van der Waals surface area contributed by atoms with Gasteiger partial charge in [0, 0.05) is 37.2 Å². The van der Waals surface area contributed by atoms with E-state index in [1.54, 1.807) is 4.80 Å². The number of nitrogens with one attached hydrogen (secondary N) is 1. The molecule has 0 saturated carbocycles. The smallest absolute Gasteiger partial charge is 0.220 e. The van der Waals surface area contributed by atoms with Crippen LogP contribution in [0.4, 0.5) is 0 Å². The van der Waals surface area contributed by atoms with Crippen molar-refractivity contribution in [1.82, 2.24) is 25.5 Å². The molecule has 0 unspecified atom stereocenters. The Hall–Kier alpha value is -3.26. The highest BCUT2D eigenvalue weighted by Gasteiger charge is 2.34. The number of aryl methyl sites for hydroxylation is 1. The second-order valence-electron chi connectivity index (χ2n) is 8.31. The van der Waals surface area contributed by atoms with Gasteiger partial charge in [0.05, 0.1) is 13.2 Å². The maximum absolute atomic E-state index is 12.6. The van der Waals surface area contributed by atoms with Crippen LogP contribution in [0.3, 0.4) is 0 Å². The van der Waals surface area contributed by atoms with E-state index in [9.17, 15) is 4.79 Å². The predicted octanol–water partition coefficient (Wildman–Crippen LogP) is 3.38. The van der Waals surface area contributed by atoms with Crippen molar-refractivity contribution in [1.29, 1.82) is 0 Å². The van der Waals surface area contributed by atoms with E-state index in [4.69, 9.17) is 9.47 Å². The monoisotopic (exact) mass is 449 g/mol. The SMILES string of the molecule is CCOc1ccc(C2(CNC(=O)CCCn3nnc(-c4ccccc4)n3)CCOCC2)cc1. The maximum Gasteiger partial charge on any atom is 0.220 e. The first-order valence-electron chi connectivity index (χ1n) is 11.6. The third-order valence-electron chi connectivity index (χ3n) is 6.10. The van der Waals surface area contributed by atoms with Crippen LogP contribution in [-0.2, 0) is 21.5 Å². The molecule has 1 N–H and O–H groups in total. The van der Waals surface area contributed by atoms with Gasteiger partial charge in [-0.2, -0.15) is 4.80 Å². The molecule has 1 aromatic heterocycles. The zero-order valence-electron chi connectivity index (χ0n) is 19.1. The third-order valence-corrected chi connectivity index (χ3v) is 6.10. The van der Waals surface area contributed by atoms with E-state index >= 15 is 0 Å². The lowest BCUT2D eigenvalue weighted by molar-refractivity contribution is -0.121. The molecule has 33 heavy (non-hydrogen) atoms. The lowest BCUT2D eigenvalue weighted by atomic mass is 9.74. The number of carbonyl (C=O) groups is 1. The van der Waals surface area contributed by atoms with Crippen molar-refractivity contribution in [3.8, 4) is 17.1 Å². The largest absolute Gasteiger partial charge is 0.494 e. The molecule has 0 aliphatic carbocycles. The van der Waals surface area contributed by atoms with Gasteiger partial charge in [0.25, 0.3) is 0 Å². The Morgan fingerprint density at radius 2 is 1.88 bits per heavy atom. The van der Waals surface area contributed by atoms with Crippen molar-refractivity contribution in [2.75, 3.05) is 26.4 Å². The van der Waals surface area contributed by atoms with E-state index in [2.05, 4.69) is 32.9 Å². The van der Waals surface area contributed by atoms with Crippen molar-refractivity contribution in [3.05, 3.63) is 60.2 Å². The van der Waals surface area contributed by atoms with Crippen LogP contribution in [0, 0.1) is 0 Å². The standard InChI is InChI=1S/C25H31N5O3/c1-2-33-22-12-10-21(11-13-22)25(14-17-32-18-15-25)19-26-23(31)9-6-16-30-28-24(27-29-30)20-7-4-3-5-8-20/h3-5,7-8,10-13H,2,6,9,14-19H2,1H3,(H,26,31). The lowest BCUT2D eigenvalue weighted by Gasteiger charge is -2.38. The summed E-state index contributed by atoms with van der Waals surface area (Å²) in [5, 5.41) is 15.8. The molecule has 1 aliphatic heterocycles. The molecule has 1 amide bonds. The number of aromatic nitrogens is 4. The van der Waals surface area contributed by atoms with E-state index in [0.717, 1.165) is 24.2 Å². The number of hydrogen-bond donors (Lipinski definition) is 1. The van der Waals surface area contributed by atoms with Crippen molar-refractivity contribution in [3.63, 3.8) is 0 Å². The van der Waals surface area contributed by atoms with Gasteiger partial charge < -0.3 is 14.8 Å². The molecule has 0 radical (unpaired) electrons. The highest BCUT2D eigenvalue weighted by Crippen LogP contribution is 2.35. The quantitative estimate of drug-likeness (QED) is 0.510. The van der Waals surface area contributed by atoms with Crippen molar-refractivity contribution >= 4 is 5.91 Å². The second kappa shape index (κ2) is 11.0. The summed E-state index contributed by atoms with van der Waals surface area (Å²) in [6.45, 7) is 5.17. The molecule has 1 fully saturated rings. The Kier molecular flexibility index (Phi) is 7.67. The number of amides is 1. The Morgan fingerprint density at radius 1 is 1.12 bits per heavy atom. The predicted molar refractivity (Wildman–Crippen MR) is 125 cm³/mol. The van der Waals surface area contributed by atoms with Crippen LogP contribution in [0.5, 0.6) is 5.75 Å². The van der Waals surface area contributed by atoms with E-state index in [1.807, 2.05) is 49.4 Å². The molecule has 4 rings (SSSR count). The van der Waals surface area contributed by atoms with Gasteiger partial charge in [-0.25, -0.2) is 0 Å². The zero-order chi connectivity index (χ0) is 22.9. The molecule has 2 heterocycles. The van der Waals surface area contributed by atoms with Gasteiger partial charge in [-0.3, -0.25) is 4.79 Å². The van der Waals surface area contributed by atoms with Crippen LogP contribution in [0.15, 0.2) is 54.6 Å². The van der Waals surface area contributed by atoms with Gasteiger partial charge in [-0.1, -0.05) is 42.5 Å². The average molecular weight is 450 g/mol. The summed E-state index contributed by atoms with van der Waals surface area (Å²) in [4.78, 5) is 14.1. The molecule has 0 bridgehead atoms. The van der Waals surface area contributed by atoms with Crippen LogP contribution in [-0.4, -0.2) is 52.5 Å². The lowest BCUT2D eigenvalue weighted by Crippen LogP contribution is -2.44. The fraction of sp³-hybridized carbons (Fsp3) is 0.440. The molecule has 2 aromatic carbocycles. The molecule has 1 aliphatic rings. The molecule has 8 nitrogen and oxygen atoms in total. The highest BCUT2D eigenvalue weighted by atomic mass is 16.5. The number of rotatable bonds is 10. The first kappa shape index (κ1) is 22.9. The van der Waals surface area contributed by atoms with Crippen LogP contribution >= 0.6 is 0 Å². The second-order valence-corrected chi connectivity index (χ2v) is 8.31. The van der Waals surface area contributed by atoms with Gasteiger partial charge in [0.2, 0.25) is 11.7 Å². The van der Waals surface area contributed by atoms with Crippen LogP contribution in [0.25, 0.3) is 11.4 Å². The van der Waals surface area contributed by atoms with Crippen molar-refractivity contribution < 1.29 is 14.3 Å². The summed E-state index contributed by atoms with van der Waals surface area (Å²) < 4.78 is 11.2. The molecule has 3 aromatic rings. The molecule has 8 heteroatoms. The molecule has 0 spiro atoms. The summed E-state index contributed by atoms with van der Waals surface area (Å²) in [6, 6.07) is 18.0. The minimum absolute atomic E-state index is 0.0372. The zero-order valence-corrected chi connectivity index (χ0v) is 19.1. The molecular formula is C25H31N5O3. The fourth-order valence-electron chi connectivity index (χ4n) is 4.18. The minimum Gasteiger partial charge on any atom is -0.494 e. The first-order valence-corrected chi connectivity index (χ1v) is 11.6. The Balaban J connectivity index is 1.29. The summed E-state index contributed by atoms with van der Waals surface area (Å²) in [5.41, 5.74) is 2.03. The number of benzene rings is 2. The highest BCUT2D eigenvalue weighted by molar-refractivity contribution is 5.76. The third kappa shape index (κ3) is 5.96. The number of carbonyl (C=O) groups excluding carboxylic acids is 1. The molecule has 174 valence electrons. The van der Waals surface area contributed by atoms with E-state index < -0.39 is 0 Å². The topological polar surface area (TPSA) is 91.2 Å². The molecule has 1 saturated heterocycles. The summed E-state index contributed by atoms with van der Waals surface area (Å²) in [7, 11) is 0. The molecular weight excluding hydrogens is 418 g/mol. The maximum atomic E-state index is 12.6. The number of tetrazole rings is 1. The van der Waals surface area contributed by atoms with Gasteiger partial charge >= 0.3 is 0 Å². The van der Waals surface area contributed by atoms with Crippen LogP contribution in [0.2, 0.25) is 0 Å². The van der Waals surface area contributed by atoms with Crippen molar-refractivity contribution in [2.45, 2.75) is 44.6 Å².